The average molecular weight is 374 g/mol. The summed E-state index contributed by atoms with van der Waals surface area (Å²) < 4.78 is 17.2. The van der Waals surface area contributed by atoms with Crippen molar-refractivity contribution in [2.75, 3.05) is 18.0 Å². The van der Waals surface area contributed by atoms with Gasteiger partial charge in [0.2, 0.25) is 5.43 Å². The summed E-state index contributed by atoms with van der Waals surface area (Å²) in [7, 11) is 1.55. The Morgan fingerprint density at radius 3 is 2.81 bits per heavy atom. The van der Waals surface area contributed by atoms with Crippen molar-refractivity contribution >= 4 is 22.8 Å². The third-order valence-electron chi connectivity index (χ3n) is 4.48. The maximum absolute atomic E-state index is 14.7. The van der Waals surface area contributed by atoms with Gasteiger partial charge in [-0.1, -0.05) is 5.10 Å². The molecule has 0 saturated carbocycles. The number of halogens is 1. The number of nitrogens with two attached hydrogens (primary N) is 1. The van der Waals surface area contributed by atoms with Gasteiger partial charge in [0.15, 0.2) is 17.3 Å². The van der Waals surface area contributed by atoms with Crippen LogP contribution in [0.5, 0.6) is 0 Å². The fraction of sp³-hybridized carbons (Fsp3) is 0.333. The molecule has 0 spiro atoms. The molecular weight excluding hydrogens is 359 g/mol. The Balaban J connectivity index is 2.04. The molecule has 1 aliphatic rings. The van der Waals surface area contributed by atoms with Gasteiger partial charge in [0, 0.05) is 32.4 Å². The second-order valence-electron chi connectivity index (χ2n) is 6.31. The van der Waals surface area contributed by atoms with Crippen LogP contribution in [0.1, 0.15) is 16.8 Å². The fourth-order valence-corrected chi connectivity index (χ4v) is 3.15. The van der Waals surface area contributed by atoms with Crippen LogP contribution >= 0.6 is 0 Å². The highest BCUT2D eigenvalue weighted by atomic mass is 19.1. The van der Waals surface area contributed by atoms with E-state index in [0.29, 0.717) is 19.5 Å². The van der Waals surface area contributed by atoms with Crippen molar-refractivity contribution in [3.8, 4) is 5.95 Å². The Bertz CT molecular complexity index is 1120. The van der Waals surface area contributed by atoms with E-state index in [9.17, 15) is 19.1 Å². The number of hydrogen-bond donors (Lipinski definition) is 2. The van der Waals surface area contributed by atoms with Crippen molar-refractivity contribution in [1.29, 1.82) is 0 Å². The number of aryl methyl sites for hydroxylation is 1. The lowest BCUT2D eigenvalue weighted by Crippen LogP contribution is -2.28. The minimum atomic E-state index is -1.44. The van der Waals surface area contributed by atoms with Crippen LogP contribution in [0.25, 0.3) is 17.0 Å². The number of rotatable bonds is 3. The first-order valence-corrected chi connectivity index (χ1v) is 8.09. The number of fused-ring (bicyclic) bond motifs is 1. The first kappa shape index (κ1) is 17.0. The van der Waals surface area contributed by atoms with Crippen LogP contribution in [-0.2, 0) is 7.05 Å². The number of hydrogen-bond acceptors (Lipinski definition) is 8. The zero-order chi connectivity index (χ0) is 19.3. The van der Waals surface area contributed by atoms with E-state index in [4.69, 9.17) is 5.73 Å². The van der Waals surface area contributed by atoms with E-state index in [1.54, 1.807) is 11.9 Å². The first-order chi connectivity index (χ1) is 12.9. The molecule has 1 atom stereocenters. The lowest BCUT2D eigenvalue weighted by Gasteiger charge is -2.19. The number of anilines is 1. The third kappa shape index (κ3) is 2.70. The molecule has 4 rings (SSSR count). The molecule has 0 aromatic carbocycles. The summed E-state index contributed by atoms with van der Waals surface area (Å²) in [6, 6.07) is 0.901. The van der Waals surface area contributed by atoms with Crippen LogP contribution in [0.2, 0.25) is 0 Å². The van der Waals surface area contributed by atoms with Gasteiger partial charge in [-0.05, 0) is 22.9 Å². The smallest absolute Gasteiger partial charge is 0.341 e. The standard InChI is InChI=1S/C15H15FN8O3/c1-22-15(19-20-21-22)24-6-9(14(26)27)11(25)8-4-10(16)13(18-12(8)24)23-3-2-7(17)5-23/h4,6-7H,2-3,5,17H2,1H3,(H,26,27)/t7-/m0/s1. The van der Waals surface area contributed by atoms with Crippen LogP contribution in [0, 0.1) is 5.82 Å². The van der Waals surface area contributed by atoms with E-state index >= 15 is 0 Å². The highest BCUT2D eigenvalue weighted by Gasteiger charge is 2.26. The van der Waals surface area contributed by atoms with Gasteiger partial charge in [0.05, 0.1) is 5.39 Å². The highest BCUT2D eigenvalue weighted by Crippen LogP contribution is 2.25. The maximum Gasteiger partial charge on any atom is 0.341 e. The Morgan fingerprint density at radius 1 is 1.44 bits per heavy atom. The van der Waals surface area contributed by atoms with Crippen LogP contribution < -0.4 is 16.1 Å². The SMILES string of the molecule is Cn1nnnc1-n1cc(C(=O)O)c(=O)c2cc(F)c(N3CC[C@H](N)C3)nc21. The number of aromatic carboxylic acids is 1. The molecule has 11 nitrogen and oxygen atoms in total. The Hall–Kier alpha value is -3.41. The zero-order valence-electron chi connectivity index (χ0n) is 14.2. The van der Waals surface area contributed by atoms with Gasteiger partial charge >= 0.3 is 5.97 Å². The van der Waals surface area contributed by atoms with Gasteiger partial charge in [-0.25, -0.2) is 18.9 Å². The highest BCUT2D eigenvalue weighted by molar-refractivity contribution is 5.92. The lowest BCUT2D eigenvalue weighted by atomic mass is 10.2. The van der Waals surface area contributed by atoms with Gasteiger partial charge in [0.25, 0.3) is 5.95 Å². The summed E-state index contributed by atoms with van der Waals surface area (Å²) in [6.07, 6.45) is 1.78. The van der Waals surface area contributed by atoms with Crippen LogP contribution in [0.4, 0.5) is 10.2 Å². The summed E-state index contributed by atoms with van der Waals surface area (Å²) in [5, 5.41) is 20.2. The van der Waals surface area contributed by atoms with Crippen LogP contribution in [0.15, 0.2) is 17.1 Å². The molecule has 3 N–H and O–H groups in total. The molecule has 0 bridgehead atoms. The molecule has 0 unspecified atom stereocenters. The maximum atomic E-state index is 14.7. The molecule has 1 saturated heterocycles. The molecule has 0 amide bonds. The second kappa shape index (κ2) is 6.09. The molecule has 0 radical (unpaired) electrons. The zero-order valence-corrected chi connectivity index (χ0v) is 14.2. The second-order valence-corrected chi connectivity index (χ2v) is 6.31. The molecule has 12 heteroatoms. The van der Waals surface area contributed by atoms with E-state index in [-0.39, 0.29) is 28.8 Å². The van der Waals surface area contributed by atoms with E-state index in [1.165, 1.54) is 9.25 Å². The summed E-state index contributed by atoms with van der Waals surface area (Å²) in [5.74, 6) is -1.99. The Labute approximate surface area is 150 Å². The predicted molar refractivity (Wildman–Crippen MR) is 91.4 cm³/mol. The van der Waals surface area contributed by atoms with Gasteiger partial charge in [-0.2, -0.15) is 0 Å². The van der Waals surface area contributed by atoms with Gasteiger partial charge in [-0.15, -0.1) is 0 Å². The molecule has 3 aromatic heterocycles. The number of carbonyl (C=O) groups is 1. The van der Waals surface area contributed by atoms with Gasteiger partial charge < -0.3 is 15.7 Å². The molecule has 1 aliphatic heterocycles. The van der Waals surface area contributed by atoms with E-state index in [2.05, 4.69) is 20.5 Å². The first-order valence-electron chi connectivity index (χ1n) is 8.09. The summed E-state index contributed by atoms with van der Waals surface area (Å²) >= 11 is 0. The van der Waals surface area contributed by atoms with Crippen molar-refractivity contribution in [2.24, 2.45) is 12.8 Å². The van der Waals surface area contributed by atoms with Crippen molar-refractivity contribution in [2.45, 2.75) is 12.5 Å². The van der Waals surface area contributed by atoms with Gasteiger partial charge in [-0.3, -0.25) is 9.36 Å². The molecule has 27 heavy (non-hydrogen) atoms. The van der Waals surface area contributed by atoms with Crippen molar-refractivity contribution in [1.82, 2.24) is 29.8 Å². The van der Waals surface area contributed by atoms with Crippen molar-refractivity contribution < 1.29 is 14.3 Å². The number of carboxylic acid groups (broad SMARTS) is 1. The van der Waals surface area contributed by atoms with E-state index in [0.717, 1.165) is 12.3 Å². The summed E-state index contributed by atoms with van der Waals surface area (Å²) in [6.45, 7) is 0.956. The average Bonchev–Trinajstić information content (AvgIpc) is 3.23. The minimum absolute atomic E-state index is 0.0433. The largest absolute Gasteiger partial charge is 0.477 e. The Morgan fingerprint density at radius 2 is 2.22 bits per heavy atom. The van der Waals surface area contributed by atoms with E-state index < -0.39 is 22.8 Å². The van der Waals surface area contributed by atoms with Gasteiger partial charge in [0.1, 0.15) is 5.56 Å². The van der Waals surface area contributed by atoms with Crippen molar-refractivity contribution in [3.63, 3.8) is 0 Å². The number of aromatic nitrogens is 6. The number of tetrazole rings is 1. The number of pyridine rings is 2. The molecule has 1 fully saturated rings. The summed E-state index contributed by atoms with van der Waals surface area (Å²) in [5.41, 5.74) is 4.57. The van der Waals surface area contributed by atoms with E-state index in [1.807, 2.05) is 0 Å². The number of nitrogens with zero attached hydrogens (tertiary/aromatic N) is 7. The third-order valence-corrected chi connectivity index (χ3v) is 4.48. The van der Waals surface area contributed by atoms with Crippen LogP contribution in [0.3, 0.4) is 0 Å². The number of carboxylic acids is 1. The topological polar surface area (TPSA) is 145 Å². The molecule has 140 valence electrons. The summed E-state index contributed by atoms with van der Waals surface area (Å²) in [4.78, 5) is 30.0. The van der Waals surface area contributed by atoms with Crippen molar-refractivity contribution in [3.05, 3.63) is 33.9 Å². The minimum Gasteiger partial charge on any atom is -0.477 e. The Kier molecular flexibility index (Phi) is 3.84. The molecule has 4 heterocycles. The molecular formula is C15H15FN8O3. The quantitative estimate of drug-likeness (QED) is 0.607. The van der Waals surface area contributed by atoms with Crippen LogP contribution in [-0.4, -0.2) is 60.0 Å². The normalized spacial score (nSPS) is 17.0. The fourth-order valence-electron chi connectivity index (χ4n) is 3.15. The monoisotopic (exact) mass is 374 g/mol. The predicted octanol–water partition coefficient (Wildman–Crippen LogP) is -0.716. The lowest BCUT2D eigenvalue weighted by molar-refractivity contribution is 0.0695. The molecule has 0 aliphatic carbocycles. The molecule has 3 aromatic rings.